The molecule has 2 rings (SSSR count). The van der Waals surface area contributed by atoms with Crippen molar-refractivity contribution in [3.63, 3.8) is 0 Å². The molecule has 9 atom stereocenters. The largest absolute Gasteiger partial charge is 0.395 e. The van der Waals surface area contributed by atoms with Crippen molar-refractivity contribution in [2.75, 3.05) is 19.8 Å². The summed E-state index contributed by atoms with van der Waals surface area (Å²) in [4.78, 5) is 0. The fourth-order valence-corrected chi connectivity index (χ4v) is 2.64. The molecule has 130 valence electrons. The molecule has 4 unspecified atom stereocenters. The lowest BCUT2D eigenvalue weighted by Crippen LogP contribution is -2.65. The number of hydrogen-bond donors (Lipinski definition) is 8. The molecule has 0 aliphatic carbocycles. The van der Waals surface area contributed by atoms with Gasteiger partial charge in [-0.25, -0.2) is 0 Å². The Kier molecular flexibility index (Phi) is 6.07. The van der Waals surface area contributed by atoms with Gasteiger partial charge in [0.2, 0.25) is 0 Å². The van der Waals surface area contributed by atoms with Crippen LogP contribution in [-0.4, -0.2) is 111 Å². The molecule has 8 N–H and O–H groups in total. The second kappa shape index (κ2) is 7.45. The van der Waals surface area contributed by atoms with Gasteiger partial charge in [-0.15, -0.1) is 0 Å². The van der Waals surface area contributed by atoms with Gasteiger partial charge in [0.1, 0.15) is 36.6 Å². The minimum Gasteiger partial charge on any atom is -0.395 e. The molecule has 0 saturated carbocycles. The van der Waals surface area contributed by atoms with Crippen molar-refractivity contribution in [3.05, 3.63) is 0 Å². The predicted octanol–water partition coefficient (Wildman–Crippen LogP) is -5.14. The molecule has 10 nitrogen and oxygen atoms in total. The third kappa shape index (κ3) is 3.41. The van der Waals surface area contributed by atoms with Gasteiger partial charge < -0.3 is 50.5 Å². The zero-order valence-corrected chi connectivity index (χ0v) is 11.8. The highest BCUT2D eigenvalue weighted by Gasteiger charge is 2.47. The lowest BCUT2D eigenvalue weighted by molar-refractivity contribution is -0.324. The predicted molar refractivity (Wildman–Crippen MR) is 69.5 cm³/mol. The van der Waals surface area contributed by atoms with Crippen LogP contribution in [0.4, 0.5) is 0 Å². The number of aliphatic hydroxyl groups is 7. The number of aliphatic hydroxyl groups excluding tert-OH is 7. The van der Waals surface area contributed by atoms with Crippen molar-refractivity contribution in [1.82, 2.24) is 5.32 Å². The summed E-state index contributed by atoms with van der Waals surface area (Å²) in [6, 6.07) is -0.717. The fourth-order valence-electron chi connectivity index (χ4n) is 2.64. The van der Waals surface area contributed by atoms with Crippen LogP contribution in [0.1, 0.15) is 0 Å². The average Bonchev–Trinajstić information content (AvgIpc) is 2.52. The van der Waals surface area contributed by atoms with Crippen LogP contribution in [0.3, 0.4) is 0 Å². The molecule has 2 fully saturated rings. The summed E-state index contributed by atoms with van der Waals surface area (Å²) >= 11 is 0. The molecule has 2 heterocycles. The molecule has 0 radical (unpaired) electrons. The monoisotopic (exact) mass is 325 g/mol. The molecule has 2 aliphatic heterocycles. The Hall–Kier alpha value is -0.400. The van der Waals surface area contributed by atoms with E-state index in [4.69, 9.17) is 14.6 Å². The van der Waals surface area contributed by atoms with Crippen LogP contribution < -0.4 is 5.32 Å². The summed E-state index contributed by atoms with van der Waals surface area (Å²) in [7, 11) is 0. The van der Waals surface area contributed by atoms with E-state index in [1.54, 1.807) is 0 Å². The SMILES string of the molecule is OCC1O[C@H](O[C@@H]2C(CO)NCC(O)[C@H]2O)C(O)[C@@H](O)[C@@H]1O. The highest BCUT2D eigenvalue weighted by Crippen LogP contribution is 2.25. The summed E-state index contributed by atoms with van der Waals surface area (Å²) in [5, 5.41) is 70.0. The highest BCUT2D eigenvalue weighted by atomic mass is 16.7. The average molecular weight is 325 g/mol. The van der Waals surface area contributed by atoms with Crippen LogP contribution in [0, 0.1) is 0 Å². The number of ether oxygens (including phenoxy) is 2. The third-order valence-corrected chi connectivity index (χ3v) is 4.05. The normalized spacial score (nSPS) is 50.0. The van der Waals surface area contributed by atoms with E-state index in [1.807, 2.05) is 0 Å². The summed E-state index contributed by atoms with van der Waals surface area (Å²) in [5.41, 5.74) is 0. The molecular formula is C12H23NO9. The number of nitrogens with one attached hydrogen (secondary N) is 1. The minimum absolute atomic E-state index is 0.0565. The highest BCUT2D eigenvalue weighted by molar-refractivity contribution is 4.95. The second-order valence-corrected chi connectivity index (χ2v) is 5.55. The van der Waals surface area contributed by atoms with Crippen molar-refractivity contribution < 1.29 is 45.2 Å². The molecule has 2 aliphatic rings. The van der Waals surface area contributed by atoms with Gasteiger partial charge in [0.15, 0.2) is 6.29 Å². The van der Waals surface area contributed by atoms with E-state index in [-0.39, 0.29) is 6.54 Å². The van der Waals surface area contributed by atoms with E-state index in [0.717, 1.165) is 0 Å². The summed E-state index contributed by atoms with van der Waals surface area (Å²) in [5.74, 6) is 0. The van der Waals surface area contributed by atoms with Crippen LogP contribution >= 0.6 is 0 Å². The molecule has 2 saturated heterocycles. The van der Waals surface area contributed by atoms with Gasteiger partial charge in [0.25, 0.3) is 0 Å². The van der Waals surface area contributed by atoms with Crippen LogP contribution in [0.25, 0.3) is 0 Å². The zero-order valence-electron chi connectivity index (χ0n) is 11.8. The lowest BCUT2D eigenvalue weighted by atomic mass is 9.95. The first-order valence-corrected chi connectivity index (χ1v) is 7.07. The molecule has 0 bridgehead atoms. The summed E-state index contributed by atoms with van der Waals surface area (Å²) < 4.78 is 10.6. The van der Waals surface area contributed by atoms with Crippen LogP contribution in [-0.2, 0) is 9.47 Å². The Balaban J connectivity index is 2.09. The standard InChI is InChI=1S/C12H23NO9/c14-2-4-11(7(17)5(16)1-13-4)22-12-10(20)9(19)8(18)6(3-15)21-12/h4-20H,1-3H2/t4?,5?,6?,7-,8-,9+,10?,11-,12-/m1/s1. The maximum atomic E-state index is 9.97. The van der Waals surface area contributed by atoms with Gasteiger partial charge in [-0.05, 0) is 0 Å². The number of rotatable bonds is 4. The zero-order chi connectivity index (χ0) is 16.4. The van der Waals surface area contributed by atoms with Gasteiger partial charge >= 0.3 is 0 Å². The second-order valence-electron chi connectivity index (χ2n) is 5.55. The van der Waals surface area contributed by atoms with Crippen LogP contribution in [0.5, 0.6) is 0 Å². The third-order valence-electron chi connectivity index (χ3n) is 4.05. The topological polar surface area (TPSA) is 172 Å². The van der Waals surface area contributed by atoms with E-state index < -0.39 is 68.3 Å². The Bertz CT molecular complexity index is 355. The van der Waals surface area contributed by atoms with Gasteiger partial charge in [-0.3, -0.25) is 0 Å². The number of piperidine rings is 1. The molecule has 0 amide bonds. The maximum absolute atomic E-state index is 9.97. The first-order chi connectivity index (χ1) is 10.4. The van der Waals surface area contributed by atoms with E-state index >= 15 is 0 Å². The summed E-state index contributed by atoms with van der Waals surface area (Å²) in [6.07, 6.45) is -10.9. The molecule has 0 spiro atoms. The van der Waals surface area contributed by atoms with E-state index in [2.05, 4.69) is 5.32 Å². The molecule has 0 aromatic heterocycles. The molecule has 22 heavy (non-hydrogen) atoms. The lowest BCUT2D eigenvalue weighted by Gasteiger charge is -2.44. The quantitative estimate of drug-likeness (QED) is 0.250. The van der Waals surface area contributed by atoms with Crippen molar-refractivity contribution in [2.45, 2.75) is 55.1 Å². The molecular weight excluding hydrogens is 302 g/mol. The van der Waals surface area contributed by atoms with E-state index in [9.17, 15) is 30.6 Å². The van der Waals surface area contributed by atoms with Crippen LogP contribution in [0.2, 0.25) is 0 Å². The van der Waals surface area contributed by atoms with Crippen molar-refractivity contribution in [1.29, 1.82) is 0 Å². The number of β-amino-alcohol motifs (C(OH)–C–C–N with tert-alkyl or cyclic N) is 1. The van der Waals surface area contributed by atoms with E-state index in [1.165, 1.54) is 0 Å². The van der Waals surface area contributed by atoms with Crippen LogP contribution in [0.15, 0.2) is 0 Å². The molecule has 0 aromatic carbocycles. The van der Waals surface area contributed by atoms with Crippen molar-refractivity contribution in [3.8, 4) is 0 Å². The first-order valence-electron chi connectivity index (χ1n) is 7.07. The minimum atomic E-state index is -1.62. The fraction of sp³-hybridized carbons (Fsp3) is 1.00. The Morgan fingerprint density at radius 1 is 0.909 bits per heavy atom. The first kappa shape index (κ1) is 17.9. The van der Waals surface area contributed by atoms with Gasteiger partial charge in [0.05, 0.1) is 25.4 Å². The molecule has 10 heteroatoms. The summed E-state index contributed by atoms with van der Waals surface area (Å²) in [6.45, 7) is -0.949. The molecule has 0 aromatic rings. The van der Waals surface area contributed by atoms with Gasteiger partial charge in [-0.2, -0.15) is 0 Å². The smallest absolute Gasteiger partial charge is 0.187 e. The Morgan fingerprint density at radius 2 is 1.59 bits per heavy atom. The maximum Gasteiger partial charge on any atom is 0.187 e. The van der Waals surface area contributed by atoms with Crippen molar-refractivity contribution >= 4 is 0 Å². The Labute approximate surface area is 126 Å². The Morgan fingerprint density at radius 3 is 2.18 bits per heavy atom. The van der Waals surface area contributed by atoms with Gasteiger partial charge in [0, 0.05) is 6.54 Å². The van der Waals surface area contributed by atoms with E-state index in [0.29, 0.717) is 0 Å². The van der Waals surface area contributed by atoms with Gasteiger partial charge in [-0.1, -0.05) is 0 Å². The van der Waals surface area contributed by atoms with Crippen molar-refractivity contribution in [2.24, 2.45) is 0 Å². The number of hydrogen-bond acceptors (Lipinski definition) is 10.